The molecule has 5 heteroatoms. The van der Waals surface area contributed by atoms with Crippen molar-refractivity contribution in [3.63, 3.8) is 0 Å². The van der Waals surface area contributed by atoms with Gasteiger partial charge >= 0.3 is 0 Å². The van der Waals surface area contributed by atoms with Gasteiger partial charge in [-0.3, -0.25) is 0 Å². The third-order valence-electron chi connectivity index (χ3n) is 4.23. The SMILES string of the molecule is CC(C)(N)C(C)(C)CNc1ccnn1C1CNC1. The second-order valence-corrected chi connectivity index (χ2v) is 6.43. The summed E-state index contributed by atoms with van der Waals surface area (Å²) in [7, 11) is 0. The maximum absolute atomic E-state index is 6.22. The quantitative estimate of drug-likeness (QED) is 0.735. The van der Waals surface area contributed by atoms with E-state index in [0.717, 1.165) is 25.5 Å². The van der Waals surface area contributed by atoms with Crippen molar-refractivity contribution >= 4 is 5.82 Å². The molecule has 0 amide bonds. The molecule has 0 spiro atoms. The Hall–Kier alpha value is -1.07. The van der Waals surface area contributed by atoms with Gasteiger partial charge in [-0.25, -0.2) is 4.68 Å². The number of aromatic nitrogens is 2. The zero-order chi connectivity index (χ0) is 13.4. The summed E-state index contributed by atoms with van der Waals surface area (Å²) in [5, 5.41) is 11.1. The second-order valence-electron chi connectivity index (χ2n) is 6.43. The van der Waals surface area contributed by atoms with Gasteiger partial charge in [-0.15, -0.1) is 0 Å². The summed E-state index contributed by atoms with van der Waals surface area (Å²) in [4.78, 5) is 0. The summed E-state index contributed by atoms with van der Waals surface area (Å²) in [5.41, 5.74) is 6.01. The van der Waals surface area contributed by atoms with Gasteiger partial charge < -0.3 is 16.4 Å². The van der Waals surface area contributed by atoms with Gasteiger partial charge in [0.15, 0.2) is 0 Å². The standard InChI is InChI=1S/C13H25N5/c1-12(2,13(3,4)14)9-16-11-5-6-17-18(11)10-7-15-8-10/h5-6,10,15-16H,7-9,14H2,1-4H3. The molecule has 2 heterocycles. The van der Waals surface area contributed by atoms with E-state index in [4.69, 9.17) is 5.73 Å². The Morgan fingerprint density at radius 3 is 2.61 bits per heavy atom. The lowest BCUT2D eigenvalue weighted by Gasteiger charge is -2.39. The topological polar surface area (TPSA) is 67.9 Å². The van der Waals surface area contributed by atoms with E-state index in [-0.39, 0.29) is 11.0 Å². The van der Waals surface area contributed by atoms with Crippen LogP contribution < -0.4 is 16.4 Å². The first kappa shape index (κ1) is 13.4. The molecule has 0 bridgehead atoms. The van der Waals surface area contributed by atoms with Crippen LogP contribution in [0.2, 0.25) is 0 Å². The van der Waals surface area contributed by atoms with Crippen LogP contribution in [-0.4, -0.2) is 35.0 Å². The Labute approximate surface area is 109 Å². The molecular weight excluding hydrogens is 226 g/mol. The van der Waals surface area contributed by atoms with Crippen molar-refractivity contribution < 1.29 is 0 Å². The fourth-order valence-corrected chi connectivity index (χ4v) is 1.73. The van der Waals surface area contributed by atoms with Crippen molar-refractivity contribution in [1.29, 1.82) is 0 Å². The Kier molecular flexibility index (Phi) is 3.38. The Bertz CT molecular complexity index is 398. The number of nitrogens with zero attached hydrogens (tertiary/aromatic N) is 2. The minimum absolute atomic E-state index is 0.0139. The first-order valence-electron chi connectivity index (χ1n) is 6.58. The maximum Gasteiger partial charge on any atom is 0.124 e. The highest BCUT2D eigenvalue weighted by molar-refractivity contribution is 5.35. The van der Waals surface area contributed by atoms with Crippen molar-refractivity contribution in [3.8, 4) is 0 Å². The fraction of sp³-hybridized carbons (Fsp3) is 0.769. The van der Waals surface area contributed by atoms with E-state index in [2.05, 4.69) is 48.1 Å². The average Bonchev–Trinajstić information content (AvgIpc) is 2.58. The van der Waals surface area contributed by atoms with Crippen molar-refractivity contribution in [3.05, 3.63) is 12.3 Å². The number of hydrogen-bond donors (Lipinski definition) is 3. The number of nitrogens with one attached hydrogen (secondary N) is 2. The molecular formula is C13H25N5. The van der Waals surface area contributed by atoms with Crippen LogP contribution in [0.4, 0.5) is 5.82 Å². The van der Waals surface area contributed by atoms with Gasteiger partial charge in [0.05, 0.1) is 12.2 Å². The molecule has 0 saturated carbocycles. The molecule has 1 aliphatic heterocycles. The summed E-state index contributed by atoms with van der Waals surface area (Å²) in [5.74, 6) is 1.08. The summed E-state index contributed by atoms with van der Waals surface area (Å²) in [6, 6.07) is 2.51. The lowest BCUT2D eigenvalue weighted by atomic mass is 9.75. The van der Waals surface area contributed by atoms with E-state index in [9.17, 15) is 0 Å². The van der Waals surface area contributed by atoms with Crippen LogP contribution in [0.15, 0.2) is 12.3 Å². The molecule has 18 heavy (non-hydrogen) atoms. The van der Waals surface area contributed by atoms with E-state index in [1.165, 1.54) is 0 Å². The molecule has 1 aromatic heterocycles. The maximum atomic E-state index is 6.22. The molecule has 1 aromatic rings. The predicted molar refractivity (Wildman–Crippen MR) is 74.7 cm³/mol. The first-order chi connectivity index (χ1) is 8.31. The van der Waals surface area contributed by atoms with Crippen LogP contribution in [0.1, 0.15) is 33.7 Å². The minimum Gasteiger partial charge on any atom is -0.370 e. The van der Waals surface area contributed by atoms with Gasteiger partial charge in [0, 0.05) is 31.2 Å². The molecule has 1 aliphatic rings. The second kappa shape index (κ2) is 4.55. The van der Waals surface area contributed by atoms with Gasteiger partial charge in [0.2, 0.25) is 0 Å². The monoisotopic (exact) mass is 251 g/mol. The predicted octanol–water partition coefficient (Wildman–Crippen LogP) is 1.20. The van der Waals surface area contributed by atoms with Gasteiger partial charge in [0.1, 0.15) is 5.82 Å². The molecule has 4 N–H and O–H groups in total. The largest absolute Gasteiger partial charge is 0.370 e. The smallest absolute Gasteiger partial charge is 0.124 e. The summed E-state index contributed by atoms with van der Waals surface area (Å²) in [6.07, 6.45) is 1.85. The van der Waals surface area contributed by atoms with Crippen molar-refractivity contribution in [2.75, 3.05) is 25.0 Å². The number of rotatable bonds is 5. The Morgan fingerprint density at radius 1 is 1.44 bits per heavy atom. The number of hydrogen-bond acceptors (Lipinski definition) is 4. The fourth-order valence-electron chi connectivity index (χ4n) is 1.73. The van der Waals surface area contributed by atoms with Crippen LogP contribution >= 0.6 is 0 Å². The van der Waals surface area contributed by atoms with Gasteiger partial charge in [-0.1, -0.05) is 13.8 Å². The third-order valence-corrected chi connectivity index (χ3v) is 4.23. The van der Waals surface area contributed by atoms with E-state index in [1.54, 1.807) is 0 Å². The zero-order valence-electron chi connectivity index (χ0n) is 11.8. The zero-order valence-corrected chi connectivity index (χ0v) is 11.8. The normalized spacial score (nSPS) is 17.6. The highest BCUT2D eigenvalue weighted by Gasteiger charge is 2.33. The van der Waals surface area contributed by atoms with E-state index < -0.39 is 0 Å². The van der Waals surface area contributed by atoms with Gasteiger partial charge in [-0.2, -0.15) is 5.10 Å². The van der Waals surface area contributed by atoms with Crippen LogP contribution in [0.5, 0.6) is 0 Å². The van der Waals surface area contributed by atoms with Crippen molar-refractivity contribution in [2.45, 2.75) is 39.3 Å². The lowest BCUT2D eigenvalue weighted by Crippen LogP contribution is -2.51. The van der Waals surface area contributed by atoms with Crippen LogP contribution in [0, 0.1) is 5.41 Å². The highest BCUT2D eigenvalue weighted by Crippen LogP contribution is 2.29. The van der Waals surface area contributed by atoms with Gasteiger partial charge in [-0.05, 0) is 19.3 Å². The molecule has 5 nitrogen and oxygen atoms in total. The van der Waals surface area contributed by atoms with Crippen LogP contribution in [-0.2, 0) is 0 Å². The molecule has 0 aromatic carbocycles. The summed E-state index contributed by atoms with van der Waals surface area (Å²) >= 11 is 0. The molecule has 0 unspecified atom stereocenters. The average molecular weight is 251 g/mol. The van der Waals surface area contributed by atoms with Crippen LogP contribution in [0.25, 0.3) is 0 Å². The van der Waals surface area contributed by atoms with Crippen LogP contribution in [0.3, 0.4) is 0 Å². The molecule has 0 aliphatic carbocycles. The molecule has 1 saturated heterocycles. The molecule has 1 fully saturated rings. The molecule has 0 atom stereocenters. The third kappa shape index (κ3) is 2.52. The molecule has 0 radical (unpaired) electrons. The molecule has 2 rings (SSSR count). The summed E-state index contributed by atoms with van der Waals surface area (Å²) in [6.45, 7) is 11.4. The number of nitrogens with two attached hydrogens (primary N) is 1. The van der Waals surface area contributed by atoms with Crippen molar-refractivity contribution in [1.82, 2.24) is 15.1 Å². The van der Waals surface area contributed by atoms with Crippen molar-refractivity contribution in [2.24, 2.45) is 11.1 Å². The Balaban J connectivity index is 2.00. The van der Waals surface area contributed by atoms with E-state index >= 15 is 0 Å². The van der Waals surface area contributed by atoms with E-state index in [1.807, 2.05) is 12.3 Å². The first-order valence-corrected chi connectivity index (χ1v) is 6.58. The molecule has 102 valence electrons. The number of anilines is 1. The summed E-state index contributed by atoms with van der Waals surface area (Å²) < 4.78 is 2.07. The minimum atomic E-state index is -0.219. The Morgan fingerprint density at radius 2 is 2.11 bits per heavy atom. The highest BCUT2D eigenvalue weighted by atomic mass is 15.4. The lowest BCUT2D eigenvalue weighted by molar-refractivity contribution is 0.218. The van der Waals surface area contributed by atoms with Gasteiger partial charge in [0.25, 0.3) is 0 Å². The van der Waals surface area contributed by atoms with E-state index in [0.29, 0.717) is 6.04 Å².